The molecule has 0 atom stereocenters. The van der Waals surface area contributed by atoms with Crippen LogP contribution < -0.4 is 10.1 Å². The van der Waals surface area contributed by atoms with Crippen LogP contribution in [0.4, 0.5) is 5.82 Å². The number of aromatic nitrogens is 3. The van der Waals surface area contributed by atoms with Crippen molar-refractivity contribution in [3.8, 4) is 5.75 Å². The molecule has 2 aromatic heterocycles. The van der Waals surface area contributed by atoms with E-state index >= 15 is 0 Å². The highest BCUT2D eigenvalue weighted by Crippen LogP contribution is 2.33. The van der Waals surface area contributed by atoms with E-state index in [1.54, 1.807) is 13.1 Å². The van der Waals surface area contributed by atoms with Gasteiger partial charge in [0.15, 0.2) is 12.5 Å². The molecule has 4 rings (SSSR count). The maximum absolute atomic E-state index is 6.61. The summed E-state index contributed by atoms with van der Waals surface area (Å²) >= 11 is 6.61. The molecule has 3 heterocycles. The number of benzene rings is 1. The maximum Gasteiger partial charge on any atom is 0.181 e. The molecule has 1 fully saturated rings. The molecule has 1 aromatic carbocycles. The van der Waals surface area contributed by atoms with E-state index in [1.165, 1.54) is 0 Å². The van der Waals surface area contributed by atoms with Crippen LogP contribution in [-0.2, 0) is 0 Å². The van der Waals surface area contributed by atoms with E-state index in [9.17, 15) is 0 Å². The Labute approximate surface area is 233 Å². The molecule has 11 heteroatoms. The van der Waals surface area contributed by atoms with Gasteiger partial charge in [0.05, 0.1) is 16.4 Å². The van der Waals surface area contributed by atoms with Gasteiger partial charge in [-0.25, -0.2) is 9.98 Å². The van der Waals surface area contributed by atoms with E-state index < -0.39 is 0 Å². The van der Waals surface area contributed by atoms with Crippen LogP contribution in [0.5, 0.6) is 5.75 Å². The minimum Gasteiger partial charge on any atom is -0.470 e. The summed E-state index contributed by atoms with van der Waals surface area (Å²) in [6, 6.07) is 7.67. The van der Waals surface area contributed by atoms with E-state index in [1.807, 2.05) is 49.4 Å². The van der Waals surface area contributed by atoms with Crippen LogP contribution in [0.25, 0.3) is 10.9 Å². The number of nitrogens with zero attached hydrogens (tertiary/aromatic N) is 6. The average molecular weight is 548 g/mol. The van der Waals surface area contributed by atoms with Gasteiger partial charge in [-0.05, 0) is 45.0 Å². The molecule has 204 valence electrons. The fourth-order valence-corrected chi connectivity index (χ4v) is 4.45. The number of likely N-dealkylation sites (N-methyl/N-ethyl adjacent to an activating group) is 1. The van der Waals surface area contributed by atoms with Crippen LogP contribution >= 0.6 is 11.6 Å². The van der Waals surface area contributed by atoms with E-state index in [0.29, 0.717) is 22.4 Å². The molecule has 3 aromatic rings. The van der Waals surface area contributed by atoms with E-state index in [-0.39, 0.29) is 6.73 Å². The van der Waals surface area contributed by atoms with Crippen LogP contribution in [0, 0.1) is 6.92 Å². The summed E-state index contributed by atoms with van der Waals surface area (Å²) in [5, 5.41) is 12.0. The molecular weight excluding hydrogens is 514 g/mol. The molecule has 0 unspecified atom stereocenters. The predicted octanol–water partition coefficient (Wildman–Crippen LogP) is 4.65. The fraction of sp³-hybridized carbons (Fsp3) is 0.286. The number of fused-ring (bicyclic) bond motifs is 1. The maximum atomic E-state index is 6.61. The SMILES string of the molecule is C=C/C=C\C(=NC)c1cc(N/C(=C/C(=N\COc2ccc3[nH]c(C)cc3c2Cl)N2CCN(C)CC2)N=C)n[nH]1. The zero-order valence-electron chi connectivity index (χ0n) is 22.5. The third kappa shape index (κ3) is 7.04. The van der Waals surface area contributed by atoms with Gasteiger partial charge in [-0.2, -0.15) is 5.10 Å². The molecule has 1 aliphatic rings. The standard InChI is InChI=1S/C28H34ClN9O/c1-6-7-8-22(30-3)23-16-26(36-35-23)34-25(31-4)17-27(38-13-11-37(5)12-14-38)32-18-39-24-10-9-21-20(28(24)29)15-19(2)33-21/h6-10,15-17,33H,1,4,11-14,18H2,2-3,5H3,(H2,34,35,36)/b8-7-,25-17+,30-22?,32-27+. The fourth-order valence-electron chi connectivity index (χ4n) is 4.18. The van der Waals surface area contributed by atoms with Gasteiger partial charge in [0.25, 0.3) is 0 Å². The Morgan fingerprint density at radius 3 is 2.77 bits per heavy atom. The first kappa shape index (κ1) is 27.9. The van der Waals surface area contributed by atoms with Crippen molar-refractivity contribution < 1.29 is 4.74 Å². The molecule has 1 aliphatic heterocycles. The van der Waals surface area contributed by atoms with Gasteiger partial charge < -0.3 is 24.8 Å². The second-order valence-corrected chi connectivity index (χ2v) is 9.43. The van der Waals surface area contributed by atoms with Crippen molar-refractivity contribution in [1.82, 2.24) is 25.0 Å². The van der Waals surface area contributed by atoms with E-state index in [2.05, 4.69) is 60.6 Å². The second kappa shape index (κ2) is 13.1. The Morgan fingerprint density at radius 1 is 1.26 bits per heavy atom. The van der Waals surface area contributed by atoms with Crippen LogP contribution in [0.2, 0.25) is 5.02 Å². The summed E-state index contributed by atoms with van der Waals surface area (Å²) in [6.07, 6.45) is 7.22. The number of allylic oxidation sites excluding steroid dienone is 3. The molecule has 0 radical (unpaired) electrons. The molecule has 0 saturated carbocycles. The summed E-state index contributed by atoms with van der Waals surface area (Å²) in [7, 11) is 3.83. The monoisotopic (exact) mass is 547 g/mol. The lowest BCUT2D eigenvalue weighted by atomic mass is 10.2. The van der Waals surface area contributed by atoms with Crippen molar-refractivity contribution in [3.05, 3.63) is 77.4 Å². The van der Waals surface area contributed by atoms with Crippen molar-refractivity contribution in [1.29, 1.82) is 0 Å². The lowest BCUT2D eigenvalue weighted by Crippen LogP contribution is -2.47. The average Bonchev–Trinajstić information content (AvgIpc) is 3.56. The van der Waals surface area contributed by atoms with Gasteiger partial charge in [0.2, 0.25) is 0 Å². The largest absolute Gasteiger partial charge is 0.470 e. The second-order valence-electron chi connectivity index (χ2n) is 9.05. The van der Waals surface area contributed by atoms with Crippen molar-refractivity contribution >= 4 is 46.6 Å². The van der Waals surface area contributed by atoms with Gasteiger partial charge in [-0.3, -0.25) is 10.1 Å². The number of aromatic amines is 2. The Bertz CT molecular complexity index is 1440. The molecule has 0 aliphatic carbocycles. The van der Waals surface area contributed by atoms with Crippen molar-refractivity contribution in [2.24, 2.45) is 15.0 Å². The summed E-state index contributed by atoms with van der Waals surface area (Å²) in [5.41, 5.74) is 3.51. The number of hydrogen-bond acceptors (Lipinski definition) is 7. The van der Waals surface area contributed by atoms with Gasteiger partial charge >= 0.3 is 0 Å². The number of ether oxygens (including phenoxy) is 1. The topological polar surface area (TPSA) is 109 Å². The normalized spacial score (nSPS) is 15.8. The Hall–Kier alpha value is -4.15. The quantitative estimate of drug-likeness (QED) is 0.194. The van der Waals surface area contributed by atoms with Crippen LogP contribution in [0.1, 0.15) is 11.4 Å². The number of amidine groups is 1. The molecule has 10 nitrogen and oxygen atoms in total. The Kier molecular flexibility index (Phi) is 9.35. The van der Waals surface area contributed by atoms with Gasteiger partial charge in [0, 0.05) is 62.0 Å². The number of hydrogen-bond donors (Lipinski definition) is 3. The summed E-state index contributed by atoms with van der Waals surface area (Å²) in [4.78, 5) is 21.0. The highest BCUT2D eigenvalue weighted by atomic mass is 35.5. The number of aryl methyl sites for hydroxylation is 1. The highest BCUT2D eigenvalue weighted by molar-refractivity contribution is 6.37. The predicted molar refractivity (Wildman–Crippen MR) is 162 cm³/mol. The zero-order valence-corrected chi connectivity index (χ0v) is 23.3. The first-order chi connectivity index (χ1) is 18.9. The van der Waals surface area contributed by atoms with Crippen LogP contribution in [0.3, 0.4) is 0 Å². The smallest absolute Gasteiger partial charge is 0.181 e. The number of H-pyrrole nitrogens is 2. The third-order valence-electron chi connectivity index (χ3n) is 6.29. The molecular formula is C28H34ClN9O. The molecule has 3 N–H and O–H groups in total. The number of nitrogens with one attached hydrogen (secondary N) is 3. The highest BCUT2D eigenvalue weighted by Gasteiger charge is 2.18. The molecule has 0 spiro atoms. The summed E-state index contributed by atoms with van der Waals surface area (Å²) in [5.74, 6) is 2.39. The summed E-state index contributed by atoms with van der Waals surface area (Å²) < 4.78 is 5.99. The number of anilines is 1. The van der Waals surface area contributed by atoms with Gasteiger partial charge in [-0.15, -0.1) is 0 Å². The molecule has 0 bridgehead atoms. The lowest BCUT2D eigenvalue weighted by molar-refractivity contribution is 0.214. The first-order valence-corrected chi connectivity index (χ1v) is 12.9. The number of aliphatic imine (C=N–C) groups is 3. The van der Waals surface area contributed by atoms with Crippen molar-refractivity contribution in [2.75, 3.05) is 52.3 Å². The van der Waals surface area contributed by atoms with Gasteiger partial charge in [0.1, 0.15) is 17.4 Å². The summed E-state index contributed by atoms with van der Waals surface area (Å²) in [6.45, 7) is 13.0. The van der Waals surface area contributed by atoms with Crippen LogP contribution in [0.15, 0.2) is 75.9 Å². The molecule has 39 heavy (non-hydrogen) atoms. The number of halogens is 1. The first-order valence-electron chi connectivity index (χ1n) is 12.6. The minimum absolute atomic E-state index is 0.0930. The van der Waals surface area contributed by atoms with E-state index in [0.717, 1.165) is 60.0 Å². The van der Waals surface area contributed by atoms with Crippen molar-refractivity contribution in [2.45, 2.75) is 6.92 Å². The van der Waals surface area contributed by atoms with E-state index in [4.69, 9.17) is 21.3 Å². The number of piperazine rings is 1. The van der Waals surface area contributed by atoms with Crippen molar-refractivity contribution in [3.63, 3.8) is 0 Å². The van der Waals surface area contributed by atoms with Gasteiger partial charge in [-0.1, -0.05) is 30.3 Å². The third-order valence-corrected chi connectivity index (χ3v) is 6.68. The zero-order chi connectivity index (χ0) is 27.8. The molecule has 0 amide bonds. The minimum atomic E-state index is 0.0930. The Morgan fingerprint density at radius 2 is 2.05 bits per heavy atom. The Balaban J connectivity index is 1.54. The lowest BCUT2D eigenvalue weighted by Gasteiger charge is -2.33. The van der Waals surface area contributed by atoms with Crippen LogP contribution in [-0.4, -0.2) is 90.3 Å². The molecule has 1 saturated heterocycles. The number of rotatable bonds is 10.